The summed E-state index contributed by atoms with van der Waals surface area (Å²) in [5.41, 5.74) is -1.23. The lowest BCUT2D eigenvalue weighted by Gasteiger charge is -2.05. The van der Waals surface area contributed by atoms with Gasteiger partial charge in [0.2, 0.25) is 22.2 Å². The fourth-order valence-electron chi connectivity index (χ4n) is 2.53. The van der Waals surface area contributed by atoms with Gasteiger partial charge in [-0.2, -0.15) is 0 Å². The molecule has 33 heavy (non-hydrogen) atoms. The van der Waals surface area contributed by atoms with Crippen LogP contribution in [-0.4, -0.2) is 27.0 Å². The number of thioether (sulfide) groups is 1. The van der Waals surface area contributed by atoms with Crippen molar-refractivity contribution in [1.82, 2.24) is 10.2 Å². The van der Waals surface area contributed by atoms with Crippen LogP contribution in [-0.2, 0) is 10.5 Å². The van der Waals surface area contributed by atoms with Gasteiger partial charge >= 0.3 is 5.97 Å². The zero-order valence-electron chi connectivity index (χ0n) is 16.5. The van der Waals surface area contributed by atoms with E-state index in [1.807, 2.05) is 0 Å². The fourth-order valence-corrected chi connectivity index (χ4v) is 4.37. The lowest BCUT2D eigenvalue weighted by Crippen LogP contribution is -2.15. The van der Waals surface area contributed by atoms with Gasteiger partial charge in [0, 0.05) is 24.1 Å². The normalized spacial score (nSPS) is 12.9. The SMILES string of the molecule is O=C(Oc1coc(CSc2nnc(NC(=O)C3CC3)s2)cc1=O)c1cc([N+](=O)[O-])ccc1Cl. The highest BCUT2D eigenvalue weighted by Gasteiger charge is 2.30. The third kappa shape index (κ3) is 5.74. The Morgan fingerprint density at radius 1 is 1.33 bits per heavy atom. The van der Waals surface area contributed by atoms with Gasteiger partial charge in [-0.15, -0.1) is 10.2 Å². The number of benzene rings is 1. The summed E-state index contributed by atoms with van der Waals surface area (Å²) in [5, 5.41) is 21.8. The van der Waals surface area contributed by atoms with E-state index in [-0.39, 0.29) is 39.6 Å². The van der Waals surface area contributed by atoms with Gasteiger partial charge in [-0.1, -0.05) is 34.7 Å². The van der Waals surface area contributed by atoms with Crippen molar-refractivity contribution in [2.75, 3.05) is 5.32 Å². The molecule has 11 nitrogen and oxygen atoms in total. The largest absolute Gasteiger partial charge is 0.464 e. The smallest absolute Gasteiger partial charge is 0.345 e. The van der Waals surface area contributed by atoms with E-state index in [4.69, 9.17) is 20.8 Å². The standard InChI is InChI=1S/C19H13ClN4O7S2/c20-13-4-3-10(24(28)29)5-12(13)17(27)31-15-7-30-11(6-14(15)25)8-32-19-23-22-18(33-19)21-16(26)9-1-2-9/h3-7,9H,1-2,8H2,(H,21,22,26). The minimum Gasteiger partial charge on any atom is -0.464 e. The Balaban J connectivity index is 1.37. The highest BCUT2D eigenvalue weighted by atomic mass is 35.5. The quantitative estimate of drug-likeness (QED) is 0.155. The molecule has 170 valence electrons. The van der Waals surface area contributed by atoms with E-state index < -0.39 is 22.1 Å². The highest BCUT2D eigenvalue weighted by molar-refractivity contribution is 8.00. The van der Waals surface area contributed by atoms with Gasteiger partial charge in [0.15, 0.2) is 4.34 Å². The van der Waals surface area contributed by atoms with Crippen molar-refractivity contribution in [3.05, 3.63) is 67.2 Å². The summed E-state index contributed by atoms with van der Waals surface area (Å²) in [4.78, 5) is 46.6. The predicted octanol–water partition coefficient (Wildman–Crippen LogP) is 3.91. The number of anilines is 1. The van der Waals surface area contributed by atoms with Crippen LogP contribution in [0.25, 0.3) is 0 Å². The van der Waals surface area contributed by atoms with Crippen molar-refractivity contribution in [2.24, 2.45) is 5.92 Å². The number of esters is 1. The Kier molecular flexibility index (Phi) is 6.72. The van der Waals surface area contributed by atoms with Crippen molar-refractivity contribution in [3.63, 3.8) is 0 Å². The van der Waals surface area contributed by atoms with Crippen LogP contribution in [0.1, 0.15) is 29.0 Å². The van der Waals surface area contributed by atoms with Crippen LogP contribution in [0.15, 0.2) is 44.1 Å². The topological polar surface area (TPSA) is 155 Å². The second kappa shape index (κ2) is 9.68. The number of amides is 1. The average molecular weight is 509 g/mol. The van der Waals surface area contributed by atoms with Crippen molar-refractivity contribution in [1.29, 1.82) is 0 Å². The molecule has 1 amide bonds. The Bertz CT molecular complexity index is 1310. The molecule has 0 bridgehead atoms. The van der Waals surface area contributed by atoms with Gasteiger partial charge in [0.1, 0.15) is 12.0 Å². The minimum absolute atomic E-state index is 0.0555. The first-order valence-corrected chi connectivity index (χ1v) is 11.5. The highest BCUT2D eigenvalue weighted by Crippen LogP contribution is 2.32. The summed E-state index contributed by atoms with van der Waals surface area (Å²) in [6.07, 6.45) is 2.74. The summed E-state index contributed by atoms with van der Waals surface area (Å²) in [6, 6.07) is 4.44. The molecule has 0 saturated heterocycles. The first-order valence-electron chi connectivity index (χ1n) is 9.35. The number of non-ortho nitro benzene ring substituents is 1. The van der Waals surface area contributed by atoms with Crippen molar-refractivity contribution in [2.45, 2.75) is 22.9 Å². The Hall–Kier alpha value is -3.29. The summed E-state index contributed by atoms with van der Waals surface area (Å²) in [6.45, 7) is 0. The number of nitrogens with one attached hydrogen (secondary N) is 1. The van der Waals surface area contributed by atoms with Gasteiger partial charge in [-0.25, -0.2) is 4.79 Å². The third-order valence-electron chi connectivity index (χ3n) is 4.36. The first kappa shape index (κ1) is 22.9. The number of hydrogen-bond donors (Lipinski definition) is 1. The maximum Gasteiger partial charge on any atom is 0.345 e. The molecule has 3 aromatic rings. The van der Waals surface area contributed by atoms with E-state index in [0.717, 1.165) is 37.3 Å². The first-order chi connectivity index (χ1) is 15.8. The number of carbonyl (C=O) groups excluding carboxylic acids is 2. The number of aromatic nitrogens is 2. The van der Waals surface area contributed by atoms with Crippen LogP contribution in [0.4, 0.5) is 10.8 Å². The number of halogens is 1. The second-order valence-electron chi connectivity index (χ2n) is 6.81. The average Bonchev–Trinajstić information content (AvgIpc) is 3.54. The Morgan fingerprint density at radius 2 is 2.12 bits per heavy atom. The number of carbonyl (C=O) groups is 2. The second-order valence-corrected chi connectivity index (χ2v) is 9.42. The number of nitrogens with zero attached hydrogens (tertiary/aromatic N) is 3. The number of hydrogen-bond acceptors (Lipinski definition) is 11. The number of nitro groups is 1. The molecule has 0 unspecified atom stereocenters. The fraction of sp³-hybridized carbons (Fsp3) is 0.211. The third-order valence-corrected chi connectivity index (χ3v) is 6.68. The molecular weight excluding hydrogens is 496 g/mol. The Labute approximate surface area is 198 Å². The molecule has 2 heterocycles. The summed E-state index contributed by atoms with van der Waals surface area (Å²) >= 11 is 8.37. The van der Waals surface area contributed by atoms with E-state index in [9.17, 15) is 24.5 Å². The van der Waals surface area contributed by atoms with Crippen LogP contribution >= 0.6 is 34.7 Å². The Morgan fingerprint density at radius 3 is 2.82 bits per heavy atom. The van der Waals surface area contributed by atoms with Crippen molar-refractivity contribution >= 4 is 57.4 Å². The monoisotopic (exact) mass is 508 g/mol. The molecule has 2 aromatic heterocycles. The zero-order chi connectivity index (χ0) is 23.5. The van der Waals surface area contributed by atoms with Crippen molar-refractivity contribution < 1.29 is 23.7 Å². The van der Waals surface area contributed by atoms with E-state index in [1.165, 1.54) is 29.2 Å². The lowest BCUT2D eigenvalue weighted by atomic mass is 10.2. The van der Waals surface area contributed by atoms with Gasteiger partial charge in [-0.05, 0) is 18.9 Å². The molecule has 0 atom stereocenters. The molecule has 0 spiro atoms. The molecule has 4 rings (SSSR count). The molecule has 0 radical (unpaired) electrons. The molecule has 1 aliphatic carbocycles. The maximum atomic E-state index is 12.3. The molecule has 1 aliphatic rings. The van der Waals surface area contributed by atoms with Gasteiger partial charge in [0.05, 0.1) is 21.3 Å². The van der Waals surface area contributed by atoms with E-state index in [2.05, 4.69) is 15.5 Å². The van der Waals surface area contributed by atoms with Crippen LogP contribution in [0, 0.1) is 16.0 Å². The van der Waals surface area contributed by atoms with E-state index in [0.29, 0.717) is 9.47 Å². The number of nitro benzene ring substituents is 1. The molecule has 1 fully saturated rings. The van der Waals surface area contributed by atoms with E-state index in [1.54, 1.807) is 0 Å². The molecule has 1 saturated carbocycles. The zero-order valence-corrected chi connectivity index (χ0v) is 18.9. The summed E-state index contributed by atoms with van der Waals surface area (Å²) < 4.78 is 10.9. The number of rotatable bonds is 8. The van der Waals surface area contributed by atoms with Gasteiger partial charge < -0.3 is 14.5 Å². The van der Waals surface area contributed by atoms with Crippen LogP contribution in [0.5, 0.6) is 5.75 Å². The maximum absolute atomic E-state index is 12.3. The van der Waals surface area contributed by atoms with Crippen LogP contribution in [0.2, 0.25) is 5.02 Å². The molecule has 1 aromatic carbocycles. The molecule has 1 N–H and O–H groups in total. The van der Waals surface area contributed by atoms with E-state index >= 15 is 0 Å². The van der Waals surface area contributed by atoms with Gasteiger partial charge in [0.25, 0.3) is 5.69 Å². The number of ether oxygens (including phenoxy) is 1. The predicted molar refractivity (Wildman–Crippen MR) is 119 cm³/mol. The minimum atomic E-state index is -1.03. The summed E-state index contributed by atoms with van der Waals surface area (Å²) in [7, 11) is 0. The molecule has 0 aliphatic heterocycles. The molecular formula is C19H13ClN4O7S2. The lowest BCUT2D eigenvalue weighted by molar-refractivity contribution is -0.384. The molecule has 14 heteroatoms. The van der Waals surface area contributed by atoms with Crippen LogP contribution in [0.3, 0.4) is 0 Å². The summed E-state index contributed by atoms with van der Waals surface area (Å²) in [5.74, 6) is -0.905. The van der Waals surface area contributed by atoms with Crippen LogP contribution < -0.4 is 15.5 Å². The van der Waals surface area contributed by atoms with Crippen molar-refractivity contribution in [3.8, 4) is 5.75 Å². The van der Waals surface area contributed by atoms with Gasteiger partial charge in [-0.3, -0.25) is 19.7 Å².